The number of aryl methyl sites for hydroxylation is 1. The highest BCUT2D eigenvalue weighted by molar-refractivity contribution is 5.52. The zero-order valence-electron chi connectivity index (χ0n) is 13.5. The van der Waals surface area contributed by atoms with Crippen molar-refractivity contribution in [3.05, 3.63) is 29.8 Å². The second kappa shape index (κ2) is 6.39. The Morgan fingerprint density at radius 2 is 1.90 bits per heavy atom. The van der Waals surface area contributed by atoms with Gasteiger partial charge in [-0.05, 0) is 44.2 Å². The fourth-order valence-corrected chi connectivity index (χ4v) is 4.42. The average Bonchev–Trinajstić information content (AvgIpc) is 2.55. The molecule has 0 saturated heterocycles. The number of anilines is 1. The number of benzene rings is 1. The number of para-hydroxylation sites is 1. The van der Waals surface area contributed by atoms with Gasteiger partial charge in [0.05, 0.1) is 6.10 Å². The summed E-state index contributed by atoms with van der Waals surface area (Å²) in [5.41, 5.74) is 3.17. The second-order valence-corrected chi connectivity index (χ2v) is 6.68. The van der Waals surface area contributed by atoms with Gasteiger partial charge in [-0.1, -0.05) is 44.4 Å². The van der Waals surface area contributed by atoms with Gasteiger partial charge in [0.2, 0.25) is 0 Å². The van der Waals surface area contributed by atoms with Gasteiger partial charge < -0.3 is 10.1 Å². The molecule has 116 valence electrons. The normalized spacial score (nSPS) is 27.3. The predicted octanol–water partition coefficient (Wildman–Crippen LogP) is 4.79. The third kappa shape index (κ3) is 2.70. The molecule has 0 heterocycles. The molecule has 2 fully saturated rings. The molecule has 2 aliphatic rings. The molecule has 1 spiro atoms. The highest BCUT2D eigenvalue weighted by atomic mass is 16.5. The van der Waals surface area contributed by atoms with E-state index in [2.05, 4.69) is 43.4 Å². The molecule has 2 saturated carbocycles. The van der Waals surface area contributed by atoms with E-state index in [1.807, 2.05) is 0 Å². The van der Waals surface area contributed by atoms with Gasteiger partial charge in [0.15, 0.2) is 0 Å². The maximum Gasteiger partial charge on any atom is 0.0670 e. The molecular formula is C19H29NO. The van der Waals surface area contributed by atoms with Crippen LogP contribution in [0.5, 0.6) is 0 Å². The minimum absolute atomic E-state index is 0.398. The molecule has 2 nitrogen and oxygen atoms in total. The van der Waals surface area contributed by atoms with Crippen molar-refractivity contribution in [1.29, 1.82) is 0 Å². The van der Waals surface area contributed by atoms with Crippen LogP contribution in [0.25, 0.3) is 0 Å². The van der Waals surface area contributed by atoms with Crippen LogP contribution in [0, 0.1) is 5.41 Å². The zero-order chi connectivity index (χ0) is 14.7. The lowest BCUT2D eigenvalue weighted by Gasteiger charge is -2.58. The Hall–Kier alpha value is -1.02. The van der Waals surface area contributed by atoms with Crippen LogP contribution < -0.4 is 5.32 Å². The molecule has 21 heavy (non-hydrogen) atoms. The Bertz CT molecular complexity index is 464. The van der Waals surface area contributed by atoms with Crippen molar-refractivity contribution in [3.8, 4) is 0 Å². The SMILES string of the molecule is CCOC1CC(Nc2ccccc2CC)C12CCCCC2. The number of ether oxygens (including phenoxy) is 1. The van der Waals surface area contributed by atoms with Crippen LogP contribution >= 0.6 is 0 Å². The van der Waals surface area contributed by atoms with Gasteiger partial charge in [-0.2, -0.15) is 0 Å². The smallest absolute Gasteiger partial charge is 0.0670 e. The zero-order valence-corrected chi connectivity index (χ0v) is 13.5. The van der Waals surface area contributed by atoms with Crippen LogP contribution in [0.1, 0.15) is 57.9 Å². The molecule has 0 radical (unpaired) electrons. The van der Waals surface area contributed by atoms with Gasteiger partial charge in [0, 0.05) is 23.8 Å². The molecule has 0 aromatic heterocycles. The van der Waals surface area contributed by atoms with Crippen LogP contribution in [-0.4, -0.2) is 18.8 Å². The Labute approximate surface area is 129 Å². The van der Waals surface area contributed by atoms with Crippen molar-refractivity contribution in [3.63, 3.8) is 0 Å². The summed E-state index contributed by atoms with van der Waals surface area (Å²) in [6, 6.07) is 9.37. The summed E-state index contributed by atoms with van der Waals surface area (Å²) in [7, 11) is 0. The van der Waals surface area contributed by atoms with Gasteiger partial charge in [0.1, 0.15) is 0 Å². The van der Waals surface area contributed by atoms with E-state index in [0.717, 1.165) is 13.0 Å². The fraction of sp³-hybridized carbons (Fsp3) is 0.684. The van der Waals surface area contributed by atoms with Crippen LogP contribution in [-0.2, 0) is 11.2 Å². The van der Waals surface area contributed by atoms with Crippen LogP contribution in [0.15, 0.2) is 24.3 Å². The van der Waals surface area contributed by atoms with Gasteiger partial charge in [-0.25, -0.2) is 0 Å². The van der Waals surface area contributed by atoms with E-state index in [1.165, 1.54) is 49.8 Å². The summed E-state index contributed by atoms with van der Waals surface area (Å²) in [4.78, 5) is 0. The Morgan fingerprint density at radius 3 is 2.62 bits per heavy atom. The topological polar surface area (TPSA) is 21.3 Å². The lowest BCUT2D eigenvalue weighted by Crippen LogP contribution is -2.62. The van der Waals surface area contributed by atoms with E-state index in [1.54, 1.807) is 0 Å². The number of rotatable bonds is 5. The first-order valence-corrected chi connectivity index (χ1v) is 8.76. The molecule has 0 aliphatic heterocycles. The third-order valence-corrected chi connectivity index (χ3v) is 5.67. The molecule has 0 amide bonds. The summed E-state index contributed by atoms with van der Waals surface area (Å²) in [5.74, 6) is 0. The van der Waals surface area contributed by atoms with Gasteiger partial charge in [0.25, 0.3) is 0 Å². The van der Waals surface area contributed by atoms with E-state index in [-0.39, 0.29) is 0 Å². The Morgan fingerprint density at radius 1 is 1.14 bits per heavy atom. The van der Waals surface area contributed by atoms with Gasteiger partial charge in [-0.15, -0.1) is 0 Å². The van der Waals surface area contributed by atoms with Crippen LogP contribution in [0.4, 0.5) is 5.69 Å². The quantitative estimate of drug-likeness (QED) is 0.840. The second-order valence-electron chi connectivity index (χ2n) is 6.68. The predicted molar refractivity (Wildman–Crippen MR) is 88.8 cm³/mol. The number of nitrogens with one attached hydrogen (secondary N) is 1. The maximum absolute atomic E-state index is 6.06. The van der Waals surface area contributed by atoms with E-state index in [9.17, 15) is 0 Å². The van der Waals surface area contributed by atoms with Crippen LogP contribution in [0.2, 0.25) is 0 Å². The molecule has 0 bridgehead atoms. The summed E-state index contributed by atoms with van der Waals surface area (Å²) in [6.07, 6.45) is 9.57. The molecule has 2 heteroatoms. The van der Waals surface area contributed by atoms with Crippen molar-refractivity contribution in [2.45, 2.75) is 70.9 Å². The molecule has 2 unspecified atom stereocenters. The summed E-state index contributed by atoms with van der Waals surface area (Å²) >= 11 is 0. The Kier molecular flexibility index (Phi) is 4.54. The first kappa shape index (κ1) is 14.9. The lowest BCUT2D eigenvalue weighted by atomic mass is 9.55. The van der Waals surface area contributed by atoms with Crippen LogP contribution in [0.3, 0.4) is 0 Å². The average molecular weight is 287 g/mol. The van der Waals surface area contributed by atoms with Crippen molar-refractivity contribution in [2.24, 2.45) is 5.41 Å². The number of hydrogen-bond acceptors (Lipinski definition) is 2. The highest BCUT2D eigenvalue weighted by Crippen LogP contribution is 2.54. The van der Waals surface area contributed by atoms with E-state index in [0.29, 0.717) is 17.6 Å². The van der Waals surface area contributed by atoms with Crippen molar-refractivity contribution < 1.29 is 4.74 Å². The van der Waals surface area contributed by atoms with Gasteiger partial charge >= 0.3 is 0 Å². The largest absolute Gasteiger partial charge is 0.381 e. The minimum Gasteiger partial charge on any atom is -0.381 e. The molecule has 1 aromatic rings. The summed E-state index contributed by atoms with van der Waals surface area (Å²) < 4.78 is 6.06. The first-order valence-electron chi connectivity index (χ1n) is 8.76. The van der Waals surface area contributed by atoms with Crippen molar-refractivity contribution >= 4 is 5.69 Å². The van der Waals surface area contributed by atoms with Crippen molar-refractivity contribution in [1.82, 2.24) is 0 Å². The standard InChI is InChI=1S/C19H29NO/c1-3-15-10-6-7-11-16(15)20-17-14-18(21-4-2)19(17)12-8-5-9-13-19/h6-7,10-11,17-18,20H,3-5,8-9,12-14H2,1-2H3. The first-order chi connectivity index (χ1) is 10.3. The lowest BCUT2D eigenvalue weighted by molar-refractivity contribution is -0.134. The minimum atomic E-state index is 0.398. The molecule has 3 rings (SSSR count). The monoisotopic (exact) mass is 287 g/mol. The molecule has 2 aliphatic carbocycles. The number of hydrogen-bond donors (Lipinski definition) is 1. The third-order valence-electron chi connectivity index (χ3n) is 5.67. The maximum atomic E-state index is 6.06. The summed E-state index contributed by atoms with van der Waals surface area (Å²) in [6.45, 7) is 5.22. The molecule has 1 N–H and O–H groups in total. The Balaban J connectivity index is 1.75. The highest BCUT2D eigenvalue weighted by Gasteiger charge is 2.55. The summed E-state index contributed by atoms with van der Waals surface area (Å²) in [5, 5.41) is 3.87. The molecular weight excluding hydrogens is 258 g/mol. The molecule has 1 aromatic carbocycles. The van der Waals surface area contributed by atoms with E-state index >= 15 is 0 Å². The van der Waals surface area contributed by atoms with Crippen molar-refractivity contribution in [2.75, 3.05) is 11.9 Å². The van der Waals surface area contributed by atoms with E-state index < -0.39 is 0 Å². The van der Waals surface area contributed by atoms with Gasteiger partial charge in [-0.3, -0.25) is 0 Å². The fourth-order valence-electron chi connectivity index (χ4n) is 4.42. The van der Waals surface area contributed by atoms with E-state index in [4.69, 9.17) is 4.74 Å². The molecule has 2 atom stereocenters.